The molecule has 0 saturated carbocycles. The molecular formula is C16H18N6OS2. The quantitative estimate of drug-likeness (QED) is 0.681. The summed E-state index contributed by atoms with van der Waals surface area (Å²) in [5.41, 5.74) is 6.56. The summed E-state index contributed by atoms with van der Waals surface area (Å²) >= 11 is 3.08. The van der Waals surface area contributed by atoms with Crippen molar-refractivity contribution in [2.45, 2.75) is 23.9 Å². The van der Waals surface area contributed by atoms with Crippen molar-refractivity contribution >= 4 is 45.2 Å². The van der Waals surface area contributed by atoms with E-state index in [0.29, 0.717) is 16.8 Å². The topological polar surface area (TPSA) is 101 Å². The minimum absolute atomic E-state index is 0.121. The number of fused-ring (bicyclic) bond motifs is 1. The molecule has 1 aliphatic heterocycles. The van der Waals surface area contributed by atoms with Gasteiger partial charge in [0.05, 0.1) is 21.0 Å². The first-order chi connectivity index (χ1) is 12.2. The van der Waals surface area contributed by atoms with Crippen molar-refractivity contribution in [3.63, 3.8) is 0 Å². The van der Waals surface area contributed by atoms with E-state index in [0.717, 1.165) is 31.4 Å². The maximum absolute atomic E-state index is 12.4. The van der Waals surface area contributed by atoms with Crippen molar-refractivity contribution in [3.05, 3.63) is 29.3 Å². The predicted octanol–water partition coefficient (Wildman–Crippen LogP) is 2.49. The van der Waals surface area contributed by atoms with Crippen LogP contribution in [-0.4, -0.2) is 49.8 Å². The normalized spacial score (nSPS) is 15.8. The molecule has 3 aromatic rings. The average Bonchev–Trinajstić information content (AvgIpc) is 3.25. The average molecular weight is 374 g/mol. The number of nitrogens with one attached hydrogen (secondary N) is 1. The number of thioether (sulfide) groups is 1. The van der Waals surface area contributed by atoms with Crippen LogP contribution in [-0.2, 0) is 4.79 Å². The number of amides is 1. The zero-order valence-electron chi connectivity index (χ0n) is 13.5. The molecule has 9 heteroatoms. The van der Waals surface area contributed by atoms with E-state index in [-0.39, 0.29) is 11.9 Å². The van der Waals surface area contributed by atoms with Gasteiger partial charge in [-0.05, 0) is 25.0 Å². The lowest BCUT2D eigenvalue weighted by molar-refractivity contribution is -0.129. The first kappa shape index (κ1) is 16.3. The monoisotopic (exact) mass is 374 g/mol. The SMILES string of the molecule is Nc1nc(SCC(=O)N2CCC(c3nc4ccccc4s3)CC2)n[nH]1. The number of anilines is 1. The Hall–Kier alpha value is -2.13. The Kier molecular flexibility index (Phi) is 4.58. The van der Waals surface area contributed by atoms with Crippen LogP contribution in [0.3, 0.4) is 0 Å². The molecule has 0 aliphatic carbocycles. The fourth-order valence-corrected chi connectivity index (χ4v) is 4.83. The highest BCUT2D eigenvalue weighted by atomic mass is 32.2. The molecule has 0 unspecified atom stereocenters. The standard InChI is InChI=1S/C16H18N6OS2/c17-15-19-16(21-20-15)24-9-13(23)22-7-5-10(6-8-22)14-18-11-3-1-2-4-12(11)25-14/h1-4,10H,5-9H2,(H3,17,19,20,21). The second-order valence-electron chi connectivity index (χ2n) is 5.97. The van der Waals surface area contributed by atoms with E-state index in [1.807, 2.05) is 17.0 Å². The Bertz CT molecular complexity index is 851. The number of hydrogen-bond acceptors (Lipinski definition) is 7. The van der Waals surface area contributed by atoms with E-state index < -0.39 is 0 Å². The molecule has 1 saturated heterocycles. The number of H-pyrrole nitrogens is 1. The van der Waals surface area contributed by atoms with Gasteiger partial charge >= 0.3 is 0 Å². The summed E-state index contributed by atoms with van der Waals surface area (Å²) in [4.78, 5) is 23.0. The number of likely N-dealkylation sites (tertiary alicyclic amines) is 1. The molecule has 130 valence electrons. The van der Waals surface area contributed by atoms with Crippen LogP contribution in [0, 0.1) is 0 Å². The van der Waals surface area contributed by atoms with Gasteiger partial charge in [0.2, 0.25) is 17.0 Å². The van der Waals surface area contributed by atoms with Gasteiger partial charge in [-0.15, -0.1) is 16.4 Å². The third kappa shape index (κ3) is 3.62. The summed E-state index contributed by atoms with van der Waals surface area (Å²) in [6, 6.07) is 8.24. The largest absolute Gasteiger partial charge is 0.368 e. The molecule has 1 aliphatic rings. The third-order valence-electron chi connectivity index (χ3n) is 4.31. The maximum Gasteiger partial charge on any atom is 0.233 e. The zero-order chi connectivity index (χ0) is 17.2. The summed E-state index contributed by atoms with van der Waals surface area (Å²) in [7, 11) is 0. The molecule has 0 radical (unpaired) electrons. The molecule has 0 atom stereocenters. The second-order valence-corrected chi connectivity index (χ2v) is 7.97. The number of thiazole rings is 1. The number of nitrogen functional groups attached to an aromatic ring is 1. The Morgan fingerprint density at radius 2 is 2.12 bits per heavy atom. The molecule has 3 heterocycles. The van der Waals surface area contributed by atoms with Crippen molar-refractivity contribution in [2.24, 2.45) is 0 Å². The molecular weight excluding hydrogens is 356 g/mol. The summed E-state index contributed by atoms with van der Waals surface area (Å²) in [5, 5.41) is 8.20. The Balaban J connectivity index is 1.32. The first-order valence-corrected chi connectivity index (χ1v) is 9.93. The second kappa shape index (κ2) is 7.01. The number of aromatic amines is 1. The lowest BCUT2D eigenvalue weighted by Crippen LogP contribution is -2.38. The van der Waals surface area contributed by atoms with Crippen LogP contribution >= 0.6 is 23.1 Å². The smallest absolute Gasteiger partial charge is 0.233 e. The number of aromatic nitrogens is 4. The minimum atomic E-state index is 0.121. The van der Waals surface area contributed by atoms with Crippen LogP contribution in [0.4, 0.5) is 5.95 Å². The number of nitrogens with two attached hydrogens (primary N) is 1. The lowest BCUT2D eigenvalue weighted by Gasteiger charge is -2.31. The van der Waals surface area contributed by atoms with Gasteiger partial charge in [0.25, 0.3) is 0 Å². The highest BCUT2D eigenvalue weighted by molar-refractivity contribution is 7.99. The summed E-state index contributed by atoms with van der Waals surface area (Å²) in [6.07, 6.45) is 1.92. The molecule has 7 nitrogen and oxygen atoms in total. The van der Waals surface area contributed by atoms with E-state index in [9.17, 15) is 4.79 Å². The summed E-state index contributed by atoms with van der Waals surface area (Å²) in [6.45, 7) is 1.55. The zero-order valence-corrected chi connectivity index (χ0v) is 15.1. The number of carbonyl (C=O) groups is 1. The van der Waals surface area contributed by atoms with Crippen molar-refractivity contribution < 1.29 is 4.79 Å². The summed E-state index contributed by atoms with van der Waals surface area (Å²) in [5.74, 6) is 1.17. The van der Waals surface area contributed by atoms with Gasteiger partial charge in [0, 0.05) is 19.0 Å². The molecule has 1 amide bonds. The third-order valence-corrected chi connectivity index (χ3v) is 6.35. The minimum Gasteiger partial charge on any atom is -0.368 e. The van der Waals surface area contributed by atoms with Crippen LogP contribution in [0.5, 0.6) is 0 Å². The van der Waals surface area contributed by atoms with Gasteiger partial charge in [0.1, 0.15) is 0 Å². The van der Waals surface area contributed by atoms with Crippen LogP contribution in [0.2, 0.25) is 0 Å². The van der Waals surface area contributed by atoms with E-state index in [1.54, 1.807) is 11.3 Å². The van der Waals surface area contributed by atoms with E-state index in [1.165, 1.54) is 21.5 Å². The van der Waals surface area contributed by atoms with Crippen LogP contribution in [0.15, 0.2) is 29.4 Å². The van der Waals surface area contributed by atoms with Crippen molar-refractivity contribution in [3.8, 4) is 0 Å². The number of para-hydroxylation sites is 1. The molecule has 3 N–H and O–H groups in total. The Morgan fingerprint density at radius 3 is 2.84 bits per heavy atom. The van der Waals surface area contributed by atoms with Gasteiger partial charge in [-0.25, -0.2) is 10.1 Å². The lowest BCUT2D eigenvalue weighted by atomic mass is 9.97. The molecule has 0 bridgehead atoms. The van der Waals surface area contributed by atoms with E-state index in [2.05, 4.69) is 27.3 Å². The number of rotatable bonds is 4. The number of piperidine rings is 1. The van der Waals surface area contributed by atoms with Crippen molar-refractivity contribution in [1.82, 2.24) is 25.1 Å². The van der Waals surface area contributed by atoms with Crippen LogP contribution in [0.25, 0.3) is 10.2 Å². The van der Waals surface area contributed by atoms with Crippen molar-refractivity contribution in [2.75, 3.05) is 24.6 Å². The van der Waals surface area contributed by atoms with Gasteiger partial charge in [-0.2, -0.15) is 4.98 Å². The first-order valence-electron chi connectivity index (χ1n) is 8.13. The van der Waals surface area contributed by atoms with Gasteiger partial charge in [0.15, 0.2) is 0 Å². The van der Waals surface area contributed by atoms with Gasteiger partial charge in [-0.1, -0.05) is 23.9 Å². The molecule has 4 rings (SSSR count). The summed E-state index contributed by atoms with van der Waals surface area (Å²) < 4.78 is 1.23. The molecule has 2 aromatic heterocycles. The van der Waals surface area contributed by atoms with Crippen LogP contribution in [0.1, 0.15) is 23.8 Å². The van der Waals surface area contributed by atoms with Crippen LogP contribution < -0.4 is 5.73 Å². The maximum atomic E-state index is 12.4. The number of benzene rings is 1. The molecule has 1 fully saturated rings. The Labute approximate surface area is 153 Å². The number of nitrogens with zero attached hydrogens (tertiary/aromatic N) is 4. The predicted molar refractivity (Wildman–Crippen MR) is 99.7 cm³/mol. The molecule has 1 aromatic carbocycles. The molecule has 25 heavy (non-hydrogen) atoms. The highest BCUT2D eigenvalue weighted by Crippen LogP contribution is 2.33. The van der Waals surface area contributed by atoms with Crippen molar-refractivity contribution in [1.29, 1.82) is 0 Å². The number of hydrogen-bond donors (Lipinski definition) is 2. The highest BCUT2D eigenvalue weighted by Gasteiger charge is 2.26. The van der Waals surface area contributed by atoms with E-state index in [4.69, 9.17) is 10.7 Å². The van der Waals surface area contributed by atoms with E-state index >= 15 is 0 Å². The fourth-order valence-electron chi connectivity index (χ4n) is 2.98. The Morgan fingerprint density at radius 1 is 1.32 bits per heavy atom. The number of carbonyl (C=O) groups excluding carboxylic acids is 1. The molecule has 0 spiro atoms. The van der Waals surface area contributed by atoms with Gasteiger partial charge in [-0.3, -0.25) is 4.79 Å². The fraction of sp³-hybridized carbons (Fsp3) is 0.375. The van der Waals surface area contributed by atoms with Gasteiger partial charge < -0.3 is 10.6 Å².